The molecule has 1 heteroatoms. The van der Waals surface area contributed by atoms with E-state index in [0.29, 0.717) is 0 Å². The fraction of sp³-hybridized carbons (Fsp3) is 0.0345. The molecule has 0 amide bonds. The van der Waals surface area contributed by atoms with Crippen LogP contribution in [0.25, 0.3) is 97.4 Å². The molecule has 1 spiro atoms. The molecule has 0 radical (unpaired) electrons. The lowest BCUT2D eigenvalue weighted by Gasteiger charge is -2.30. The Kier molecular flexibility index (Phi) is 6.83. The van der Waals surface area contributed by atoms with E-state index in [4.69, 9.17) is 0 Å². The molecule has 1 atom stereocenters. The normalized spacial score (nSPS) is 14.9. The summed E-state index contributed by atoms with van der Waals surface area (Å²) in [6.07, 6.45) is 0. The van der Waals surface area contributed by atoms with Gasteiger partial charge in [0.15, 0.2) is 0 Å². The number of hydrogen-bond donors (Lipinski definition) is 0. The van der Waals surface area contributed by atoms with E-state index >= 15 is 0 Å². The molecule has 1 aromatic heterocycles. The van der Waals surface area contributed by atoms with Gasteiger partial charge in [0, 0.05) is 9.58 Å². The summed E-state index contributed by atoms with van der Waals surface area (Å²) in [6, 6.07) is 75.4. The maximum absolute atomic E-state index is 2.43. The van der Waals surface area contributed by atoms with E-state index in [1.807, 2.05) is 11.3 Å². The third kappa shape index (κ3) is 4.38. The molecule has 1 unspecified atom stereocenters. The minimum absolute atomic E-state index is 0.452. The average molecular weight is 765 g/mol. The maximum Gasteiger partial charge on any atom is 0.0740 e. The zero-order valence-corrected chi connectivity index (χ0v) is 33.3. The van der Waals surface area contributed by atoms with Crippen LogP contribution in [0.15, 0.2) is 200 Å². The fourth-order valence-corrected chi connectivity index (χ4v) is 12.4. The molecule has 1 heterocycles. The van der Waals surface area contributed by atoms with Gasteiger partial charge in [0.1, 0.15) is 0 Å². The summed E-state index contributed by atoms with van der Waals surface area (Å²) in [5, 5.41) is 9.02. The van der Waals surface area contributed by atoms with E-state index in [1.165, 1.54) is 125 Å². The van der Waals surface area contributed by atoms with Gasteiger partial charge in [-0.1, -0.05) is 194 Å². The van der Waals surface area contributed by atoms with Crippen LogP contribution in [0.2, 0.25) is 0 Å². The van der Waals surface area contributed by atoms with Gasteiger partial charge in [-0.3, -0.25) is 0 Å². The number of benzene rings is 10. The summed E-state index contributed by atoms with van der Waals surface area (Å²) in [7, 11) is 0. The Balaban J connectivity index is 1.14. The summed E-state index contributed by atoms with van der Waals surface area (Å²) in [5.41, 5.74) is 18.1. The van der Waals surface area contributed by atoms with Crippen molar-refractivity contribution in [1.29, 1.82) is 0 Å². The lowest BCUT2D eigenvalue weighted by molar-refractivity contribution is 0.803. The van der Waals surface area contributed by atoms with Crippen LogP contribution >= 0.6 is 11.3 Å². The second kappa shape index (κ2) is 12.2. The molecular formula is C58H36S. The third-order valence-electron chi connectivity index (χ3n) is 13.3. The fourth-order valence-electron chi connectivity index (χ4n) is 11.1. The lowest BCUT2D eigenvalue weighted by atomic mass is 9.70. The van der Waals surface area contributed by atoms with Gasteiger partial charge < -0.3 is 0 Å². The Labute approximate surface area is 347 Å². The predicted molar refractivity (Wildman–Crippen MR) is 252 cm³/mol. The molecule has 11 aromatic rings. The highest BCUT2D eigenvalue weighted by molar-refractivity contribution is 7.22. The van der Waals surface area contributed by atoms with Crippen molar-refractivity contribution in [3.63, 3.8) is 0 Å². The SMILES string of the molecule is Cc1cc(-c2c3ccccc3c(-c3cccc4c3-c3ccccc3C43c4ccccc4-c4sc5cc(-c6ccccc6)ccc5c43)c3ccccc23)c2ccccc2c1. The molecule has 0 saturated carbocycles. The molecule has 0 N–H and O–H groups in total. The van der Waals surface area contributed by atoms with E-state index in [-0.39, 0.29) is 0 Å². The minimum atomic E-state index is -0.452. The molecule has 0 fully saturated rings. The van der Waals surface area contributed by atoms with Gasteiger partial charge in [-0.05, 0) is 129 Å². The second-order valence-electron chi connectivity index (χ2n) is 16.3. The van der Waals surface area contributed by atoms with Crippen LogP contribution in [-0.2, 0) is 5.41 Å². The van der Waals surface area contributed by atoms with Crippen LogP contribution in [0.1, 0.15) is 27.8 Å². The number of aryl methyl sites for hydroxylation is 1. The topological polar surface area (TPSA) is 0 Å². The zero-order chi connectivity index (χ0) is 38.8. The second-order valence-corrected chi connectivity index (χ2v) is 17.4. The molecule has 0 nitrogen and oxygen atoms in total. The number of thiophene rings is 1. The summed E-state index contributed by atoms with van der Waals surface area (Å²) in [6.45, 7) is 2.22. The largest absolute Gasteiger partial charge is 0.135 e. The Bertz CT molecular complexity index is 3510. The number of hydrogen-bond acceptors (Lipinski definition) is 1. The molecule has 2 aliphatic rings. The van der Waals surface area contributed by atoms with Crippen molar-refractivity contribution in [2.24, 2.45) is 0 Å². The van der Waals surface area contributed by atoms with E-state index < -0.39 is 5.41 Å². The molecule has 274 valence electrons. The van der Waals surface area contributed by atoms with Crippen LogP contribution in [0.5, 0.6) is 0 Å². The molecule has 59 heavy (non-hydrogen) atoms. The quantitative estimate of drug-likeness (QED) is 0.157. The number of rotatable bonds is 3. The van der Waals surface area contributed by atoms with Gasteiger partial charge in [0.25, 0.3) is 0 Å². The highest BCUT2D eigenvalue weighted by atomic mass is 32.1. The van der Waals surface area contributed by atoms with Crippen molar-refractivity contribution in [3.05, 3.63) is 228 Å². The Morgan fingerprint density at radius 1 is 0.356 bits per heavy atom. The van der Waals surface area contributed by atoms with Crippen LogP contribution in [0, 0.1) is 6.92 Å². The van der Waals surface area contributed by atoms with E-state index in [0.717, 1.165) is 0 Å². The van der Waals surface area contributed by atoms with Gasteiger partial charge in [0.2, 0.25) is 0 Å². The highest BCUT2D eigenvalue weighted by Crippen LogP contribution is 2.67. The Hall–Kier alpha value is -7.06. The highest BCUT2D eigenvalue weighted by Gasteiger charge is 2.54. The molecular weight excluding hydrogens is 729 g/mol. The summed E-state index contributed by atoms with van der Waals surface area (Å²) >= 11 is 1.95. The summed E-state index contributed by atoms with van der Waals surface area (Å²) in [5.74, 6) is 0. The Morgan fingerprint density at radius 2 is 0.915 bits per heavy atom. The van der Waals surface area contributed by atoms with Gasteiger partial charge >= 0.3 is 0 Å². The molecule has 0 saturated heterocycles. The standard InChI is InChI=1S/C58H36S/c1-35-32-38-18-5-6-19-39(38)48(33-35)54-42-22-9-7-20-40(42)53(41-21-8-10-23-43(41)54)47-26-15-29-51-55(47)44-24-11-13-27-49(44)58(51)50-28-14-12-25-45(50)57-56(58)46-31-30-37(34-52(46)59-57)36-16-3-2-4-17-36/h2-34H,1H3. The van der Waals surface area contributed by atoms with Crippen LogP contribution in [0.3, 0.4) is 0 Å². The zero-order valence-electron chi connectivity index (χ0n) is 32.5. The summed E-state index contributed by atoms with van der Waals surface area (Å²) in [4.78, 5) is 1.39. The van der Waals surface area contributed by atoms with Gasteiger partial charge in [0.05, 0.1) is 5.41 Å². The van der Waals surface area contributed by atoms with Crippen LogP contribution < -0.4 is 0 Å². The van der Waals surface area contributed by atoms with Crippen molar-refractivity contribution < 1.29 is 0 Å². The third-order valence-corrected chi connectivity index (χ3v) is 14.5. The average Bonchev–Trinajstić information content (AvgIpc) is 3.91. The van der Waals surface area contributed by atoms with Crippen LogP contribution in [-0.4, -0.2) is 0 Å². The molecule has 13 rings (SSSR count). The first-order valence-electron chi connectivity index (χ1n) is 20.6. The van der Waals surface area contributed by atoms with Crippen molar-refractivity contribution >= 4 is 53.7 Å². The molecule has 2 aliphatic carbocycles. The van der Waals surface area contributed by atoms with E-state index in [2.05, 4.69) is 207 Å². The first-order valence-corrected chi connectivity index (χ1v) is 21.4. The van der Waals surface area contributed by atoms with Crippen molar-refractivity contribution in [1.82, 2.24) is 0 Å². The minimum Gasteiger partial charge on any atom is -0.135 e. The Morgan fingerprint density at radius 3 is 1.64 bits per heavy atom. The summed E-state index contributed by atoms with van der Waals surface area (Å²) < 4.78 is 1.34. The monoisotopic (exact) mass is 764 g/mol. The van der Waals surface area contributed by atoms with E-state index in [9.17, 15) is 0 Å². The van der Waals surface area contributed by atoms with Gasteiger partial charge in [-0.25, -0.2) is 0 Å². The molecule has 10 aromatic carbocycles. The van der Waals surface area contributed by atoms with Crippen LogP contribution in [0.4, 0.5) is 0 Å². The predicted octanol–water partition coefficient (Wildman–Crippen LogP) is 16.0. The smallest absolute Gasteiger partial charge is 0.0740 e. The molecule has 0 bridgehead atoms. The first kappa shape index (κ1) is 33.0. The lowest BCUT2D eigenvalue weighted by Crippen LogP contribution is -2.25. The van der Waals surface area contributed by atoms with E-state index in [1.54, 1.807) is 0 Å². The van der Waals surface area contributed by atoms with Gasteiger partial charge in [-0.2, -0.15) is 0 Å². The first-order chi connectivity index (χ1) is 29.2. The van der Waals surface area contributed by atoms with Gasteiger partial charge in [-0.15, -0.1) is 11.3 Å². The molecule has 0 aliphatic heterocycles. The maximum atomic E-state index is 2.43. The van der Waals surface area contributed by atoms with Crippen molar-refractivity contribution in [3.8, 4) is 54.9 Å². The van der Waals surface area contributed by atoms with Crippen molar-refractivity contribution in [2.75, 3.05) is 0 Å². The van der Waals surface area contributed by atoms with Crippen molar-refractivity contribution in [2.45, 2.75) is 12.3 Å². The number of fused-ring (bicyclic) bond motifs is 15.